The highest BCUT2D eigenvalue weighted by molar-refractivity contribution is 7.94. The summed E-state index contributed by atoms with van der Waals surface area (Å²) in [6, 6.07) is 5.21. The molecule has 10 heteroatoms. The number of hydrogen-bond acceptors (Lipinski definition) is 6. The van der Waals surface area contributed by atoms with Crippen LogP contribution >= 0.6 is 0 Å². The molecule has 1 fully saturated rings. The van der Waals surface area contributed by atoms with Gasteiger partial charge >= 0.3 is 0 Å². The van der Waals surface area contributed by atoms with Gasteiger partial charge in [-0.3, -0.25) is 4.79 Å². The number of rotatable bonds is 8. The summed E-state index contributed by atoms with van der Waals surface area (Å²) in [7, 11) is -7.40. The average Bonchev–Trinajstić information content (AvgIpc) is 2.75. The Morgan fingerprint density at radius 3 is 2.44 bits per heavy atom. The molecular weight excluding hydrogens is 368 g/mol. The predicted molar refractivity (Wildman–Crippen MR) is 93.2 cm³/mol. The molecule has 1 aliphatic rings. The van der Waals surface area contributed by atoms with Gasteiger partial charge in [0.1, 0.15) is 0 Å². The summed E-state index contributed by atoms with van der Waals surface area (Å²) in [5, 5.41) is 0. The third kappa shape index (κ3) is 4.57. The van der Waals surface area contributed by atoms with Crippen LogP contribution in [-0.2, 0) is 29.6 Å². The maximum absolute atomic E-state index is 12.2. The van der Waals surface area contributed by atoms with Gasteiger partial charge in [0.05, 0.1) is 22.3 Å². The second-order valence-corrected chi connectivity index (χ2v) is 9.35. The molecule has 1 saturated heterocycles. The minimum atomic E-state index is -3.71. The monoisotopic (exact) mass is 390 g/mol. The molecule has 0 spiro atoms. The molecule has 2 rings (SSSR count). The first-order chi connectivity index (χ1) is 11.7. The number of nitrogens with zero attached hydrogens (tertiary/aromatic N) is 1. The lowest BCUT2D eigenvalue weighted by molar-refractivity contribution is -0.119. The van der Waals surface area contributed by atoms with E-state index in [0.717, 1.165) is 4.31 Å². The van der Waals surface area contributed by atoms with Crippen LogP contribution in [0, 0.1) is 5.92 Å². The molecule has 0 bridgehead atoms. The van der Waals surface area contributed by atoms with Crippen molar-refractivity contribution >= 4 is 31.6 Å². The summed E-state index contributed by atoms with van der Waals surface area (Å²) in [4.78, 5) is 12.0. The minimum Gasteiger partial charge on any atom is -0.382 e. The number of hydrogen-bond donors (Lipinski definition) is 1. The van der Waals surface area contributed by atoms with Crippen molar-refractivity contribution in [3.8, 4) is 0 Å². The van der Waals surface area contributed by atoms with E-state index in [0.29, 0.717) is 19.6 Å². The molecule has 1 aromatic carbocycles. The van der Waals surface area contributed by atoms with Crippen LogP contribution in [0.2, 0.25) is 0 Å². The Bertz CT molecular complexity index is 818. The van der Waals surface area contributed by atoms with Gasteiger partial charge in [-0.15, -0.1) is 0 Å². The van der Waals surface area contributed by atoms with Gasteiger partial charge < -0.3 is 4.74 Å². The first-order valence-corrected chi connectivity index (χ1v) is 11.0. The first kappa shape index (κ1) is 19.8. The van der Waals surface area contributed by atoms with E-state index >= 15 is 0 Å². The van der Waals surface area contributed by atoms with Crippen molar-refractivity contribution < 1.29 is 26.4 Å². The second kappa shape index (κ2) is 7.81. The number of sulfonamides is 2. The summed E-state index contributed by atoms with van der Waals surface area (Å²) in [5.41, 5.74) is 0.143. The third-order valence-electron chi connectivity index (χ3n) is 3.70. The van der Waals surface area contributed by atoms with Crippen molar-refractivity contribution in [2.75, 3.05) is 29.8 Å². The first-order valence-electron chi connectivity index (χ1n) is 7.93. The van der Waals surface area contributed by atoms with Crippen LogP contribution in [0.1, 0.15) is 20.3 Å². The van der Waals surface area contributed by atoms with Gasteiger partial charge in [0, 0.05) is 19.8 Å². The number of benzene rings is 1. The van der Waals surface area contributed by atoms with E-state index in [1.54, 1.807) is 6.92 Å². The van der Waals surface area contributed by atoms with Gasteiger partial charge in [0.15, 0.2) is 0 Å². The van der Waals surface area contributed by atoms with Crippen LogP contribution in [0.15, 0.2) is 29.2 Å². The lowest BCUT2D eigenvalue weighted by Gasteiger charge is -2.15. The smallest absolute Gasteiger partial charge is 0.244 e. The van der Waals surface area contributed by atoms with E-state index in [-0.39, 0.29) is 22.9 Å². The second-order valence-electron chi connectivity index (χ2n) is 5.72. The molecular formula is C15H22N2O6S2. The molecule has 1 heterocycles. The minimum absolute atomic E-state index is 0.00440. The van der Waals surface area contributed by atoms with Crippen LogP contribution in [0.25, 0.3) is 0 Å². The molecule has 0 saturated carbocycles. The highest BCUT2D eigenvalue weighted by atomic mass is 32.2. The molecule has 140 valence electrons. The number of nitrogens with one attached hydrogen (secondary N) is 1. The molecule has 1 aromatic rings. The highest BCUT2D eigenvalue weighted by Gasteiger charge is 2.41. The number of amides is 1. The Morgan fingerprint density at radius 2 is 1.92 bits per heavy atom. The molecule has 1 amide bonds. The van der Waals surface area contributed by atoms with Crippen molar-refractivity contribution in [2.24, 2.45) is 5.92 Å². The Hall–Kier alpha value is -1.49. The Morgan fingerprint density at radius 1 is 1.28 bits per heavy atom. The van der Waals surface area contributed by atoms with Crippen molar-refractivity contribution in [3.05, 3.63) is 24.3 Å². The van der Waals surface area contributed by atoms with E-state index in [9.17, 15) is 21.6 Å². The average molecular weight is 390 g/mol. The van der Waals surface area contributed by atoms with Gasteiger partial charge in [-0.05, 0) is 37.6 Å². The molecule has 8 nitrogen and oxygen atoms in total. The van der Waals surface area contributed by atoms with Gasteiger partial charge in [-0.2, -0.15) is 0 Å². The summed E-state index contributed by atoms with van der Waals surface area (Å²) in [6.45, 7) is 4.68. The normalized spacial score (nSPS) is 20.2. The maximum Gasteiger partial charge on any atom is 0.244 e. The van der Waals surface area contributed by atoms with E-state index in [1.165, 1.54) is 24.3 Å². The predicted octanol–water partition coefficient (Wildman–Crippen LogP) is 0.704. The SMILES string of the molecule is CCOCCCNS(=O)(=O)c1ccc(N2C(=O)C(C)CS2(=O)=O)cc1. The van der Waals surface area contributed by atoms with Gasteiger partial charge in [-0.25, -0.2) is 25.9 Å². The quantitative estimate of drug-likeness (QED) is 0.655. The summed E-state index contributed by atoms with van der Waals surface area (Å²) in [6.07, 6.45) is 0.545. The van der Waals surface area contributed by atoms with Crippen molar-refractivity contribution in [1.82, 2.24) is 4.72 Å². The molecule has 0 aromatic heterocycles. The van der Waals surface area contributed by atoms with Crippen LogP contribution in [0.5, 0.6) is 0 Å². The third-order valence-corrected chi connectivity index (χ3v) is 7.05. The molecule has 1 N–H and O–H groups in total. The van der Waals surface area contributed by atoms with Crippen LogP contribution in [-0.4, -0.2) is 48.3 Å². The van der Waals surface area contributed by atoms with Crippen molar-refractivity contribution in [3.63, 3.8) is 0 Å². The molecule has 0 radical (unpaired) electrons. The fraction of sp³-hybridized carbons (Fsp3) is 0.533. The molecule has 1 aliphatic heterocycles. The fourth-order valence-corrected chi connectivity index (χ4v) is 5.35. The van der Waals surface area contributed by atoms with Crippen LogP contribution in [0.4, 0.5) is 5.69 Å². The van der Waals surface area contributed by atoms with E-state index < -0.39 is 31.9 Å². The number of anilines is 1. The topological polar surface area (TPSA) is 110 Å². The molecule has 0 aliphatic carbocycles. The van der Waals surface area contributed by atoms with E-state index in [4.69, 9.17) is 4.74 Å². The van der Waals surface area contributed by atoms with Crippen molar-refractivity contribution in [2.45, 2.75) is 25.2 Å². The van der Waals surface area contributed by atoms with E-state index in [2.05, 4.69) is 4.72 Å². The summed E-state index contributed by atoms with van der Waals surface area (Å²) < 4.78 is 56.8. The number of carbonyl (C=O) groups excluding carboxylic acids is 1. The van der Waals surface area contributed by atoms with Gasteiger partial charge in [0.2, 0.25) is 26.0 Å². The molecule has 1 atom stereocenters. The van der Waals surface area contributed by atoms with Crippen LogP contribution in [0.3, 0.4) is 0 Å². The summed E-state index contributed by atoms with van der Waals surface area (Å²) in [5.74, 6) is -1.36. The van der Waals surface area contributed by atoms with Crippen molar-refractivity contribution in [1.29, 1.82) is 0 Å². The lowest BCUT2D eigenvalue weighted by Crippen LogP contribution is -2.30. The zero-order valence-corrected chi connectivity index (χ0v) is 15.8. The summed E-state index contributed by atoms with van der Waals surface area (Å²) >= 11 is 0. The zero-order valence-electron chi connectivity index (χ0n) is 14.1. The fourth-order valence-electron chi connectivity index (χ4n) is 2.46. The van der Waals surface area contributed by atoms with E-state index in [1.807, 2.05) is 6.92 Å². The largest absolute Gasteiger partial charge is 0.382 e. The Balaban J connectivity index is 2.10. The Labute approximate surface area is 148 Å². The number of carbonyl (C=O) groups is 1. The lowest BCUT2D eigenvalue weighted by atomic mass is 10.2. The zero-order chi connectivity index (χ0) is 18.7. The highest BCUT2D eigenvalue weighted by Crippen LogP contribution is 2.28. The van der Waals surface area contributed by atoms with Crippen LogP contribution < -0.4 is 9.03 Å². The standard InChI is InChI=1S/C15H22N2O6S2/c1-3-23-10-4-9-16-25(21,22)14-7-5-13(6-8-14)17-15(18)12(2)11-24(17,19)20/h5-8,12,16H,3-4,9-11H2,1-2H3. The number of ether oxygens (including phenoxy) is 1. The molecule has 25 heavy (non-hydrogen) atoms. The Kier molecular flexibility index (Phi) is 6.20. The maximum atomic E-state index is 12.2. The van der Waals surface area contributed by atoms with Gasteiger partial charge in [-0.1, -0.05) is 6.92 Å². The molecule has 1 unspecified atom stereocenters. The van der Waals surface area contributed by atoms with Gasteiger partial charge in [0.25, 0.3) is 0 Å².